The molecule has 4 nitrogen and oxygen atoms in total. The number of nitrogens with one attached hydrogen (secondary N) is 2. The van der Waals surface area contributed by atoms with Crippen molar-refractivity contribution in [3.8, 4) is 0 Å². The second-order valence-corrected chi connectivity index (χ2v) is 4.55. The monoisotopic (exact) mass is 225 g/mol. The molecule has 1 saturated heterocycles. The van der Waals surface area contributed by atoms with Gasteiger partial charge >= 0.3 is 0 Å². The van der Waals surface area contributed by atoms with E-state index in [9.17, 15) is 4.79 Å². The molecule has 0 aromatic heterocycles. The van der Waals surface area contributed by atoms with Crippen LogP contribution in [0.25, 0.3) is 0 Å². The van der Waals surface area contributed by atoms with Gasteiger partial charge in [0.25, 0.3) is 0 Å². The van der Waals surface area contributed by atoms with Crippen molar-refractivity contribution in [3.63, 3.8) is 0 Å². The summed E-state index contributed by atoms with van der Waals surface area (Å²) in [6.07, 6.45) is 2.82. The molecule has 0 radical (unpaired) electrons. The van der Waals surface area contributed by atoms with Crippen LogP contribution in [-0.2, 0) is 4.79 Å². The molecule has 1 atom stereocenters. The number of likely N-dealkylation sites (tertiary alicyclic amines) is 1. The van der Waals surface area contributed by atoms with E-state index in [1.54, 1.807) is 6.08 Å². The Balaban J connectivity index is 2.15. The third kappa shape index (κ3) is 4.33. The van der Waals surface area contributed by atoms with Gasteiger partial charge < -0.3 is 10.6 Å². The summed E-state index contributed by atoms with van der Waals surface area (Å²) in [6, 6.07) is 1.05. The smallest absolute Gasteiger partial charge is 0.234 e. The molecular weight excluding hydrogens is 202 g/mol. The van der Waals surface area contributed by atoms with Crippen LogP contribution >= 0.6 is 0 Å². The van der Waals surface area contributed by atoms with Gasteiger partial charge in [0.05, 0.1) is 6.54 Å². The molecule has 0 aliphatic carbocycles. The van der Waals surface area contributed by atoms with Gasteiger partial charge in [0.2, 0.25) is 5.91 Å². The van der Waals surface area contributed by atoms with Gasteiger partial charge in [-0.3, -0.25) is 9.69 Å². The summed E-state index contributed by atoms with van der Waals surface area (Å²) < 4.78 is 0. The van der Waals surface area contributed by atoms with Crippen LogP contribution in [-0.4, -0.2) is 49.1 Å². The predicted molar refractivity (Wildman–Crippen MR) is 66.3 cm³/mol. The van der Waals surface area contributed by atoms with E-state index >= 15 is 0 Å². The zero-order valence-corrected chi connectivity index (χ0v) is 10.3. The van der Waals surface area contributed by atoms with Crippen LogP contribution in [0.3, 0.4) is 0 Å². The number of amides is 1. The van der Waals surface area contributed by atoms with Crippen molar-refractivity contribution in [1.82, 2.24) is 15.5 Å². The summed E-state index contributed by atoms with van der Waals surface area (Å²) >= 11 is 0. The van der Waals surface area contributed by atoms with Crippen LogP contribution in [0.5, 0.6) is 0 Å². The van der Waals surface area contributed by atoms with Gasteiger partial charge in [-0.15, -0.1) is 6.58 Å². The van der Waals surface area contributed by atoms with Gasteiger partial charge in [-0.05, 0) is 26.8 Å². The van der Waals surface area contributed by atoms with Gasteiger partial charge in [0.1, 0.15) is 0 Å². The molecule has 0 aromatic rings. The summed E-state index contributed by atoms with van der Waals surface area (Å²) in [7, 11) is 0. The molecule has 1 unspecified atom stereocenters. The quantitative estimate of drug-likeness (QED) is 0.642. The third-order valence-electron chi connectivity index (χ3n) is 2.94. The minimum atomic E-state index is 0.0443. The molecule has 1 rings (SSSR count). The van der Waals surface area contributed by atoms with Crippen molar-refractivity contribution in [2.75, 3.05) is 26.2 Å². The van der Waals surface area contributed by atoms with E-state index in [0.29, 0.717) is 25.2 Å². The molecule has 0 spiro atoms. The fourth-order valence-corrected chi connectivity index (χ4v) is 1.91. The van der Waals surface area contributed by atoms with E-state index in [2.05, 4.69) is 36.0 Å². The molecule has 1 heterocycles. The first-order valence-electron chi connectivity index (χ1n) is 5.98. The fraction of sp³-hybridized carbons (Fsp3) is 0.750. The Morgan fingerprint density at radius 1 is 1.62 bits per heavy atom. The lowest BCUT2D eigenvalue weighted by atomic mass is 10.2. The van der Waals surface area contributed by atoms with Crippen molar-refractivity contribution >= 4 is 5.91 Å². The second-order valence-electron chi connectivity index (χ2n) is 4.55. The number of carbonyl (C=O) groups excluding carboxylic acids is 1. The molecule has 4 heteroatoms. The molecule has 0 aromatic carbocycles. The minimum absolute atomic E-state index is 0.0443. The largest absolute Gasteiger partial charge is 0.352 e. The fourth-order valence-electron chi connectivity index (χ4n) is 1.91. The van der Waals surface area contributed by atoms with Crippen molar-refractivity contribution < 1.29 is 4.79 Å². The number of hydrogen-bond donors (Lipinski definition) is 2. The van der Waals surface area contributed by atoms with Crippen LogP contribution in [0, 0.1) is 0 Å². The van der Waals surface area contributed by atoms with E-state index in [0.717, 1.165) is 19.5 Å². The Hall–Kier alpha value is -0.870. The minimum Gasteiger partial charge on any atom is -0.352 e. The maximum Gasteiger partial charge on any atom is 0.234 e. The van der Waals surface area contributed by atoms with Crippen molar-refractivity contribution in [1.29, 1.82) is 0 Å². The van der Waals surface area contributed by atoms with E-state index < -0.39 is 0 Å². The lowest BCUT2D eigenvalue weighted by Crippen LogP contribution is -2.41. The van der Waals surface area contributed by atoms with Gasteiger partial charge in [-0.1, -0.05) is 6.08 Å². The van der Waals surface area contributed by atoms with Gasteiger partial charge in [-0.25, -0.2) is 0 Å². The standard InChI is InChI=1S/C12H23N3O/c1-4-6-13-12(16)8-14-11-5-7-15(9-11)10(2)3/h4,10-11,14H,1,5-9H2,2-3H3,(H,13,16). The van der Waals surface area contributed by atoms with Gasteiger partial charge in [0, 0.05) is 25.2 Å². The lowest BCUT2D eigenvalue weighted by Gasteiger charge is -2.20. The molecule has 1 amide bonds. The second kappa shape index (κ2) is 6.66. The Morgan fingerprint density at radius 2 is 2.38 bits per heavy atom. The van der Waals surface area contributed by atoms with Crippen molar-refractivity contribution in [3.05, 3.63) is 12.7 Å². The highest BCUT2D eigenvalue weighted by Crippen LogP contribution is 2.11. The van der Waals surface area contributed by atoms with E-state index in [-0.39, 0.29) is 5.91 Å². The molecular formula is C12H23N3O. The zero-order valence-electron chi connectivity index (χ0n) is 10.3. The Morgan fingerprint density at radius 3 is 2.94 bits per heavy atom. The van der Waals surface area contributed by atoms with Crippen molar-refractivity contribution in [2.45, 2.75) is 32.4 Å². The van der Waals surface area contributed by atoms with Crippen LogP contribution < -0.4 is 10.6 Å². The number of hydrogen-bond acceptors (Lipinski definition) is 3. The number of carbonyl (C=O) groups is 1. The van der Waals surface area contributed by atoms with Crippen LogP contribution in [0.15, 0.2) is 12.7 Å². The van der Waals surface area contributed by atoms with Crippen LogP contribution in [0.4, 0.5) is 0 Å². The molecule has 0 bridgehead atoms. The molecule has 1 fully saturated rings. The average molecular weight is 225 g/mol. The Kier molecular flexibility index (Phi) is 5.49. The third-order valence-corrected chi connectivity index (χ3v) is 2.94. The number of nitrogens with zero attached hydrogens (tertiary/aromatic N) is 1. The SMILES string of the molecule is C=CCNC(=O)CNC1CCN(C(C)C)C1. The Labute approximate surface area is 98.1 Å². The normalized spacial score (nSPS) is 21.3. The van der Waals surface area contributed by atoms with E-state index in [1.165, 1.54) is 0 Å². The topological polar surface area (TPSA) is 44.4 Å². The highest BCUT2D eigenvalue weighted by molar-refractivity contribution is 5.78. The van der Waals surface area contributed by atoms with Gasteiger partial charge in [0.15, 0.2) is 0 Å². The highest BCUT2D eigenvalue weighted by Gasteiger charge is 2.23. The highest BCUT2D eigenvalue weighted by atomic mass is 16.1. The maximum absolute atomic E-state index is 11.3. The molecule has 16 heavy (non-hydrogen) atoms. The molecule has 1 aliphatic heterocycles. The predicted octanol–water partition coefficient (Wildman–Crippen LogP) is 0.361. The van der Waals surface area contributed by atoms with Crippen molar-refractivity contribution in [2.24, 2.45) is 0 Å². The molecule has 1 aliphatic rings. The average Bonchev–Trinajstić information content (AvgIpc) is 2.72. The summed E-state index contributed by atoms with van der Waals surface area (Å²) in [5, 5.41) is 6.04. The Bertz CT molecular complexity index is 240. The molecule has 92 valence electrons. The van der Waals surface area contributed by atoms with Crippen LogP contribution in [0.1, 0.15) is 20.3 Å². The summed E-state index contributed by atoms with van der Waals surface area (Å²) in [5.74, 6) is 0.0443. The van der Waals surface area contributed by atoms with Gasteiger partial charge in [-0.2, -0.15) is 0 Å². The summed E-state index contributed by atoms with van der Waals surface area (Å²) in [5.41, 5.74) is 0. The first-order chi connectivity index (χ1) is 7.63. The van der Waals surface area contributed by atoms with Crippen LogP contribution in [0.2, 0.25) is 0 Å². The zero-order chi connectivity index (χ0) is 12.0. The first-order valence-corrected chi connectivity index (χ1v) is 5.98. The summed E-state index contributed by atoms with van der Waals surface area (Å²) in [6.45, 7) is 11.1. The molecule has 2 N–H and O–H groups in total. The molecule has 0 saturated carbocycles. The number of rotatable bonds is 6. The van der Waals surface area contributed by atoms with E-state index in [1.807, 2.05) is 0 Å². The van der Waals surface area contributed by atoms with E-state index in [4.69, 9.17) is 0 Å². The first kappa shape index (κ1) is 13.2. The maximum atomic E-state index is 11.3. The lowest BCUT2D eigenvalue weighted by molar-refractivity contribution is -0.120. The summed E-state index contributed by atoms with van der Waals surface area (Å²) in [4.78, 5) is 13.8.